The number of carbonyl (C=O) groups excluding carboxylic acids is 1. The van der Waals surface area contributed by atoms with E-state index in [0.29, 0.717) is 19.6 Å². The summed E-state index contributed by atoms with van der Waals surface area (Å²) in [6, 6.07) is 7.85. The number of amides is 1. The molecule has 2 heterocycles. The molecule has 3 rings (SSSR count). The van der Waals surface area contributed by atoms with Crippen molar-refractivity contribution in [1.82, 2.24) is 19.9 Å². The molecular weight excluding hydrogens is 348 g/mol. The zero-order chi connectivity index (χ0) is 18.2. The molecule has 0 aliphatic heterocycles. The lowest BCUT2D eigenvalue weighted by Gasteiger charge is -2.05. The van der Waals surface area contributed by atoms with Gasteiger partial charge in [0.05, 0.1) is 25.0 Å². The fourth-order valence-corrected chi connectivity index (χ4v) is 3.34. The van der Waals surface area contributed by atoms with Crippen molar-refractivity contribution < 1.29 is 9.53 Å². The Morgan fingerprint density at radius 3 is 2.88 bits per heavy atom. The molecule has 0 atom stereocenters. The van der Waals surface area contributed by atoms with Crippen LogP contribution in [0, 0.1) is 0 Å². The Morgan fingerprint density at radius 1 is 1.31 bits per heavy atom. The molecule has 0 fully saturated rings. The Kier molecular flexibility index (Phi) is 6.38. The predicted octanol–water partition coefficient (Wildman–Crippen LogP) is 3.15. The van der Waals surface area contributed by atoms with E-state index in [1.165, 1.54) is 0 Å². The number of nitrogens with one attached hydrogen (secondary N) is 1. The molecule has 1 aromatic carbocycles. The number of hydrogen-bond acceptors (Lipinski definition) is 5. The molecule has 0 bridgehead atoms. The maximum absolute atomic E-state index is 12.1. The van der Waals surface area contributed by atoms with Crippen LogP contribution < -0.4 is 10.1 Å². The predicted molar refractivity (Wildman–Crippen MR) is 102 cm³/mol. The standard InChI is InChI=1S/C19H22N4O2S/c1-2-25-17-6-4-15(5-7-17)19-22-16(13-26-19)12-18(24)21-8-3-10-23-11-9-20-14-23/h4-7,9,11,13-14H,2-3,8,10,12H2,1H3,(H,21,24). The van der Waals surface area contributed by atoms with Crippen molar-refractivity contribution in [2.45, 2.75) is 26.3 Å². The highest BCUT2D eigenvalue weighted by Crippen LogP contribution is 2.25. The SMILES string of the molecule is CCOc1ccc(-c2nc(CC(=O)NCCCn3ccnc3)cs2)cc1. The van der Waals surface area contributed by atoms with Crippen LogP contribution in [0.2, 0.25) is 0 Å². The molecule has 0 radical (unpaired) electrons. The van der Waals surface area contributed by atoms with Gasteiger partial charge in [-0.05, 0) is 37.6 Å². The molecule has 1 amide bonds. The van der Waals surface area contributed by atoms with E-state index in [-0.39, 0.29) is 5.91 Å². The number of hydrogen-bond donors (Lipinski definition) is 1. The van der Waals surface area contributed by atoms with Gasteiger partial charge in [-0.15, -0.1) is 11.3 Å². The molecule has 0 saturated heterocycles. The summed E-state index contributed by atoms with van der Waals surface area (Å²) in [5.41, 5.74) is 1.83. The van der Waals surface area contributed by atoms with Crippen LogP contribution in [0.3, 0.4) is 0 Å². The second kappa shape index (κ2) is 9.15. The highest BCUT2D eigenvalue weighted by Gasteiger charge is 2.09. The average molecular weight is 370 g/mol. The Morgan fingerprint density at radius 2 is 2.15 bits per heavy atom. The topological polar surface area (TPSA) is 69.0 Å². The van der Waals surface area contributed by atoms with Crippen molar-refractivity contribution in [3.05, 3.63) is 54.1 Å². The minimum Gasteiger partial charge on any atom is -0.494 e. The van der Waals surface area contributed by atoms with Gasteiger partial charge in [0.15, 0.2) is 0 Å². The Bertz CT molecular complexity index is 812. The first-order chi connectivity index (χ1) is 12.7. The van der Waals surface area contributed by atoms with Gasteiger partial charge in [0.2, 0.25) is 5.91 Å². The fraction of sp³-hybridized carbons (Fsp3) is 0.316. The summed E-state index contributed by atoms with van der Waals surface area (Å²) in [6.07, 6.45) is 6.62. The largest absolute Gasteiger partial charge is 0.494 e. The van der Waals surface area contributed by atoms with E-state index in [1.807, 2.05) is 47.3 Å². The molecule has 0 unspecified atom stereocenters. The lowest BCUT2D eigenvalue weighted by Crippen LogP contribution is -2.26. The number of ether oxygens (including phenoxy) is 1. The van der Waals surface area contributed by atoms with E-state index in [1.54, 1.807) is 23.9 Å². The molecule has 2 aromatic heterocycles. The molecular formula is C19H22N4O2S. The number of thiazole rings is 1. The molecule has 0 aliphatic carbocycles. The van der Waals surface area contributed by atoms with Gasteiger partial charge in [0, 0.05) is 36.4 Å². The molecule has 0 aliphatic rings. The van der Waals surface area contributed by atoms with Crippen LogP contribution in [0.25, 0.3) is 10.6 Å². The van der Waals surface area contributed by atoms with Gasteiger partial charge in [0.1, 0.15) is 10.8 Å². The zero-order valence-corrected chi connectivity index (χ0v) is 15.5. The number of benzene rings is 1. The molecule has 1 N–H and O–H groups in total. The van der Waals surface area contributed by atoms with Gasteiger partial charge >= 0.3 is 0 Å². The van der Waals surface area contributed by atoms with Crippen molar-refractivity contribution in [2.24, 2.45) is 0 Å². The molecule has 0 saturated carbocycles. The van der Waals surface area contributed by atoms with E-state index in [2.05, 4.69) is 15.3 Å². The normalized spacial score (nSPS) is 10.7. The minimum absolute atomic E-state index is 0.000764. The lowest BCUT2D eigenvalue weighted by atomic mass is 10.2. The Balaban J connectivity index is 1.45. The zero-order valence-electron chi connectivity index (χ0n) is 14.7. The maximum atomic E-state index is 12.1. The molecule has 3 aromatic rings. The van der Waals surface area contributed by atoms with Crippen LogP contribution in [0.1, 0.15) is 19.0 Å². The van der Waals surface area contributed by atoms with Crippen molar-refractivity contribution >= 4 is 17.2 Å². The van der Waals surface area contributed by atoms with Crippen LogP contribution in [-0.2, 0) is 17.8 Å². The third-order valence-corrected chi connectivity index (χ3v) is 4.72. The van der Waals surface area contributed by atoms with Crippen molar-refractivity contribution in [3.8, 4) is 16.3 Å². The second-order valence-corrected chi connectivity index (χ2v) is 6.64. The van der Waals surface area contributed by atoms with E-state index < -0.39 is 0 Å². The summed E-state index contributed by atoms with van der Waals surface area (Å²) < 4.78 is 7.45. The summed E-state index contributed by atoms with van der Waals surface area (Å²) in [6.45, 7) is 4.10. The Labute approximate surface area is 156 Å². The van der Waals surface area contributed by atoms with Crippen LogP contribution >= 0.6 is 11.3 Å². The Hall–Kier alpha value is -2.67. The van der Waals surface area contributed by atoms with Crippen LogP contribution in [0.5, 0.6) is 5.75 Å². The van der Waals surface area contributed by atoms with Gasteiger partial charge < -0.3 is 14.6 Å². The van der Waals surface area contributed by atoms with Crippen molar-refractivity contribution in [1.29, 1.82) is 0 Å². The summed E-state index contributed by atoms with van der Waals surface area (Å²) >= 11 is 1.55. The number of aromatic nitrogens is 3. The molecule has 0 spiro atoms. The first-order valence-electron chi connectivity index (χ1n) is 8.64. The quantitative estimate of drug-likeness (QED) is 0.588. The van der Waals surface area contributed by atoms with E-state index in [4.69, 9.17) is 4.74 Å². The van der Waals surface area contributed by atoms with Gasteiger partial charge in [-0.2, -0.15) is 0 Å². The van der Waals surface area contributed by atoms with Gasteiger partial charge in [0.25, 0.3) is 0 Å². The number of carbonyl (C=O) groups is 1. The van der Waals surface area contributed by atoms with Crippen LogP contribution in [0.4, 0.5) is 0 Å². The maximum Gasteiger partial charge on any atom is 0.226 e. The summed E-state index contributed by atoms with van der Waals surface area (Å²) in [5, 5.41) is 5.79. The molecule has 26 heavy (non-hydrogen) atoms. The lowest BCUT2D eigenvalue weighted by molar-refractivity contribution is -0.120. The van der Waals surface area contributed by atoms with Crippen molar-refractivity contribution in [2.75, 3.05) is 13.2 Å². The third-order valence-electron chi connectivity index (χ3n) is 3.78. The van der Waals surface area contributed by atoms with E-state index in [0.717, 1.165) is 35.0 Å². The second-order valence-electron chi connectivity index (χ2n) is 5.78. The number of aryl methyl sites for hydroxylation is 1. The number of rotatable bonds is 9. The van der Waals surface area contributed by atoms with Crippen molar-refractivity contribution in [3.63, 3.8) is 0 Å². The minimum atomic E-state index is -0.000764. The summed E-state index contributed by atoms with van der Waals surface area (Å²) in [7, 11) is 0. The van der Waals surface area contributed by atoms with Crippen LogP contribution in [-0.4, -0.2) is 33.6 Å². The van der Waals surface area contributed by atoms with E-state index in [9.17, 15) is 4.79 Å². The first kappa shape index (κ1) is 18.1. The van der Waals surface area contributed by atoms with Gasteiger partial charge in [-0.25, -0.2) is 9.97 Å². The first-order valence-corrected chi connectivity index (χ1v) is 9.52. The van der Waals surface area contributed by atoms with E-state index >= 15 is 0 Å². The average Bonchev–Trinajstić information content (AvgIpc) is 3.32. The highest BCUT2D eigenvalue weighted by atomic mass is 32.1. The third kappa shape index (κ3) is 5.16. The molecule has 136 valence electrons. The fourth-order valence-electron chi connectivity index (χ4n) is 2.52. The summed E-state index contributed by atoms with van der Waals surface area (Å²) in [5.74, 6) is 0.849. The number of nitrogens with zero attached hydrogens (tertiary/aromatic N) is 3. The summed E-state index contributed by atoms with van der Waals surface area (Å²) in [4.78, 5) is 20.6. The molecule has 6 nitrogen and oxygen atoms in total. The van der Waals surface area contributed by atoms with Gasteiger partial charge in [-0.3, -0.25) is 4.79 Å². The van der Waals surface area contributed by atoms with Gasteiger partial charge in [-0.1, -0.05) is 0 Å². The smallest absolute Gasteiger partial charge is 0.226 e. The number of imidazole rings is 1. The monoisotopic (exact) mass is 370 g/mol. The highest BCUT2D eigenvalue weighted by molar-refractivity contribution is 7.13. The molecule has 7 heteroatoms. The van der Waals surface area contributed by atoms with Crippen LogP contribution in [0.15, 0.2) is 48.4 Å².